The Hall–Kier alpha value is -2.15. The molecule has 1 aliphatic heterocycles. The van der Waals surface area contributed by atoms with Gasteiger partial charge in [0.2, 0.25) is 0 Å². The second kappa shape index (κ2) is 5.57. The molecule has 3 rings (SSSR count). The van der Waals surface area contributed by atoms with E-state index in [1.165, 1.54) is 0 Å². The molecule has 1 aliphatic rings. The van der Waals surface area contributed by atoms with Crippen LogP contribution >= 0.6 is 0 Å². The molecular weight excluding hydrogens is 284 g/mol. The molecule has 0 spiro atoms. The van der Waals surface area contributed by atoms with Crippen LogP contribution in [0.3, 0.4) is 0 Å². The predicted molar refractivity (Wildman–Crippen MR) is 78.6 cm³/mol. The van der Waals surface area contributed by atoms with Gasteiger partial charge in [-0.25, -0.2) is 0 Å². The zero-order chi connectivity index (χ0) is 15.9. The zero-order valence-electron chi connectivity index (χ0n) is 13.2. The summed E-state index contributed by atoms with van der Waals surface area (Å²) in [4.78, 5) is 14.4. The lowest BCUT2D eigenvalue weighted by Crippen LogP contribution is -2.30. The Labute approximate surface area is 128 Å². The fourth-order valence-electron chi connectivity index (χ4n) is 3.00. The first-order valence-electron chi connectivity index (χ1n) is 7.25. The SMILES string of the molecule is CO[C@@H]1CN(C(=O)c2oc(C)cc2C)C[C@H]1c1cn(C)nn1. The molecule has 2 aromatic heterocycles. The van der Waals surface area contributed by atoms with E-state index in [4.69, 9.17) is 9.15 Å². The summed E-state index contributed by atoms with van der Waals surface area (Å²) in [5, 5.41) is 8.12. The number of likely N-dealkylation sites (tertiary alicyclic amines) is 1. The topological polar surface area (TPSA) is 73.4 Å². The number of hydrogen-bond donors (Lipinski definition) is 0. The summed E-state index contributed by atoms with van der Waals surface area (Å²) in [5.74, 6) is 1.08. The third-order valence-electron chi connectivity index (χ3n) is 4.09. The highest BCUT2D eigenvalue weighted by molar-refractivity contribution is 5.93. The van der Waals surface area contributed by atoms with Gasteiger partial charge in [-0.3, -0.25) is 9.48 Å². The summed E-state index contributed by atoms with van der Waals surface area (Å²) >= 11 is 0. The van der Waals surface area contributed by atoms with Crippen molar-refractivity contribution >= 4 is 5.91 Å². The molecule has 7 heteroatoms. The summed E-state index contributed by atoms with van der Waals surface area (Å²) in [6.07, 6.45) is 1.78. The van der Waals surface area contributed by atoms with Gasteiger partial charge in [0.1, 0.15) is 5.76 Å². The molecule has 7 nitrogen and oxygen atoms in total. The van der Waals surface area contributed by atoms with Crippen molar-refractivity contribution < 1.29 is 13.9 Å². The number of carbonyl (C=O) groups excluding carboxylic acids is 1. The van der Waals surface area contributed by atoms with Crippen molar-refractivity contribution in [2.45, 2.75) is 25.9 Å². The first-order valence-corrected chi connectivity index (χ1v) is 7.25. The van der Waals surface area contributed by atoms with Crippen LogP contribution < -0.4 is 0 Å². The molecule has 0 aliphatic carbocycles. The summed E-state index contributed by atoms with van der Waals surface area (Å²) in [5.41, 5.74) is 1.71. The van der Waals surface area contributed by atoms with Crippen molar-refractivity contribution in [3.8, 4) is 0 Å². The van der Waals surface area contributed by atoms with E-state index < -0.39 is 0 Å². The van der Waals surface area contributed by atoms with Crippen LogP contribution in [-0.2, 0) is 11.8 Å². The lowest BCUT2D eigenvalue weighted by atomic mass is 10.0. The quantitative estimate of drug-likeness (QED) is 0.854. The van der Waals surface area contributed by atoms with Crippen molar-refractivity contribution in [1.82, 2.24) is 19.9 Å². The lowest BCUT2D eigenvalue weighted by Gasteiger charge is -2.14. The highest BCUT2D eigenvalue weighted by atomic mass is 16.5. The number of carbonyl (C=O) groups is 1. The van der Waals surface area contributed by atoms with E-state index in [0.717, 1.165) is 17.0 Å². The first kappa shape index (κ1) is 14.8. The molecule has 2 aromatic rings. The smallest absolute Gasteiger partial charge is 0.289 e. The van der Waals surface area contributed by atoms with E-state index in [1.807, 2.05) is 33.2 Å². The van der Waals surface area contributed by atoms with Gasteiger partial charge in [-0.15, -0.1) is 5.10 Å². The van der Waals surface area contributed by atoms with Crippen LogP contribution in [0.2, 0.25) is 0 Å². The van der Waals surface area contributed by atoms with Gasteiger partial charge in [0.05, 0.1) is 17.7 Å². The number of nitrogens with zero attached hydrogens (tertiary/aromatic N) is 4. The van der Waals surface area contributed by atoms with Crippen LogP contribution in [0.15, 0.2) is 16.7 Å². The molecule has 0 aromatic carbocycles. The minimum atomic E-state index is -0.0981. The van der Waals surface area contributed by atoms with Crippen molar-refractivity contribution in [1.29, 1.82) is 0 Å². The summed E-state index contributed by atoms with van der Waals surface area (Å²) in [6.45, 7) is 4.80. The Morgan fingerprint density at radius 3 is 2.73 bits per heavy atom. The number of aromatic nitrogens is 3. The van der Waals surface area contributed by atoms with Crippen LogP contribution in [0.4, 0.5) is 0 Å². The van der Waals surface area contributed by atoms with E-state index in [-0.39, 0.29) is 17.9 Å². The van der Waals surface area contributed by atoms with Gasteiger partial charge in [-0.2, -0.15) is 0 Å². The number of hydrogen-bond acceptors (Lipinski definition) is 5. The summed E-state index contributed by atoms with van der Waals surface area (Å²) in [6, 6.07) is 1.87. The molecule has 0 saturated carbocycles. The number of rotatable bonds is 3. The molecule has 0 radical (unpaired) electrons. The standard InChI is InChI=1S/C15H20N4O3/c1-9-5-10(2)22-14(9)15(20)19-6-11(13(8-19)21-4)12-7-18(3)17-16-12/h5,7,11,13H,6,8H2,1-4H3/t11-,13+/m0/s1. The maximum atomic E-state index is 12.7. The molecule has 2 atom stereocenters. The van der Waals surface area contributed by atoms with E-state index in [9.17, 15) is 4.79 Å². The van der Waals surface area contributed by atoms with Crippen molar-refractivity contribution in [2.24, 2.45) is 7.05 Å². The van der Waals surface area contributed by atoms with E-state index in [0.29, 0.717) is 18.8 Å². The highest BCUT2D eigenvalue weighted by Crippen LogP contribution is 2.30. The van der Waals surface area contributed by atoms with E-state index >= 15 is 0 Å². The van der Waals surface area contributed by atoms with Crippen LogP contribution in [0, 0.1) is 13.8 Å². The normalized spacial score (nSPS) is 21.5. The van der Waals surface area contributed by atoms with Crippen molar-refractivity contribution in [3.63, 3.8) is 0 Å². The Balaban J connectivity index is 1.82. The minimum Gasteiger partial charge on any atom is -0.456 e. The molecule has 0 bridgehead atoms. The number of furan rings is 1. The second-order valence-corrected chi connectivity index (χ2v) is 5.78. The van der Waals surface area contributed by atoms with Crippen molar-refractivity contribution in [2.75, 3.05) is 20.2 Å². The Kier molecular flexibility index (Phi) is 3.74. The summed E-state index contributed by atoms with van der Waals surface area (Å²) < 4.78 is 12.7. The monoisotopic (exact) mass is 304 g/mol. The fraction of sp³-hybridized carbons (Fsp3) is 0.533. The summed E-state index contributed by atoms with van der Waals surface area (Å²) in [7, 11) is 3.48. The number of amides is 1. The van der Waals surface area contributed by atoms with Gasteiger partial charge >= 0.3 is 0 Å². The molecular formula is C15H20N4O3. The molecule has 1 saturated heterocycles. The Morgan fingerprint density at radius 1 is 1.41 bits per heavy atom. The third-order valence-corrected chi connectivity index (χ3v) is 4.09. The third kappa shape index (κ3) is 2.52. The van der Waals surface area contributed by atoms with E-state index in [1.54, 1.807) is 16.7 Å². The first-order chi connectivity index (χ1) is 10.5. The predicted octanol–water partition coefficient (Wildman–Crippen LogP) is 1.28. The molecule has 0 unspecified atom stereocenters. The van der Waals surface area contributed by atoms with E-state index in [2.05, 4.69) is 10.3 Å². The molecule has 1 amide bonds. The highest BCUT2D eigenvalue weighted by Gasteiger charge is 2.39. The van der Waals surface area contributed by atoms with Gasteiger partial charge in [0, 0.05) is 39.0 Å². The molecule has 0 N–H and O–H groups in total. The molecule has 22 heavy (non-hydrogen) atoms. The second-order valence-electron chi connectivity index (χ2n) is 5.78. The molecule has 118 valence electrons. The van der Waals surface area contributed by atoms with Gasteiger partial charge in [-0.05, 0) is 19.9 Å². The van der Waals surface area contributed by atoms with Gasteiger partial charge in [0.15, 0.2) is 5.76 Å². The fourth-order valence-corrected chi connectivity index (χ4v) is 3.00. The van der Waals surface area contributed by atoms with Crippen LogP contribution in [-0.4, -0.2) is 52.1 Å². The molecule has 3 heterocycles. The van der Waals surface area contributed by atoms with Crippen LogP contribution in [0.5, 0.6) is 0 Å². The van der Waals surface area contributed by atoms with Crippen LogP contribution in [0.1, 0.15) is 33.5 Å². The average molecular weight is 304 g/mol. The Morgan fingerprint density at radius 2 is 2.18 bits per heavy atom. The van der Waals surface area contributed by atoms with Gasteiger partial charge < -0.3 is 14.1 Å². The largest absolute Gasteiger partial charge is 0.456 e. The Bertz CT molecular complexity index is 691. The number of ether oxygens (including phenoxy) is 1. The zero-order valence-corrected chi connectivity index (χ0v) is 13.2. The van der Waals surface area contributed by atoms with Gasteiger partial charge in [0.25, 0.3) is 5.91 Å². The number of aryl methyl sites for hydroxylation is 3. The maximum Gasteiger partial charge on any atom is 0.289 e. The average Bonchev–Trinajstić information content (AvgIpc) is 3.16. The van der Waals surface area contributed by atoms with Crippen LogP contribution in [0.25, 0.3) is 0 Å². The lowest BCUT2D eigenvalue weighted by molar-refractivity contribution is 0.0685. The minimum absolute atomic E-state index is 0.0269. The maximum absolute atomic E-state index is 12.7. The number of methoxy groups -OCH3 is 1. The van der Waals surface area contributed by atoms with Gasteiger partial charge in [-0.1, -0.05) is 5.21 Å². The van der Waals surface area contributed by atoms with Crippen molar-refractivity contribution in [3.05, 3.63) is 35.0 Å². The molecule has 1 fully saturated rings.